The zero-order valence-electron chi connectivity index (χ0n) is 12.8. The van der Waals surface area contributed by atoms with Crippen molar-refractivity contribution in [2.45, 2.75) is 76.0 Å². The van der Waals surface area contributed by atoms with Gasteiger partial charge in [-0.15, -0.1) is 0 Å². The van der Waals surface area contributed by atoms with Gasteiger partial charge in [0, 0.05) is 30.6 Å². The van der Waals surface area contributed by atoms with Crippen LogP contribution in [0.4, 0.5) is 0 Å². The fourth-order valence-corrected chi connectivity index (χ4v) is 4.33. The van der Waals surface area contributed by atoms with Crippen LogP contribution in [-0.4, -0.2) is 36.1 Å². The van der Waals surface area contributed by atoms with E-state index in [0.717, 1.165) is 30.3 Å². The van der Waals surface area contributed by atoms with E-state index < -0.39 is 0 Å². The molecule has 1 N–H and O–H groups in total. The van der Waals surface area contributed by atoms with Gasteiger partial charge in [0.1, 0.15) is 5.76 Å². The molecule has 0 aromatic carbocycles. The highest BCUT2D eigenvalue weighted by molar-refractivity contribution is 5.00. The molecular formula is C17H28N2O. The molecule has 3 unspecified atom stereocenters. The lowest BCUT2D eigenvalue weighted by molar-refractivity contribution is -0.00685. The first-order chi connectivity index (χ1) is 9.78. The molecule has 112 valence electrons. The smallest absolute Gasteiger partial charge is 0.103 e. The molecule has 1 aromatic heterocycles. The molecule has 0 radical (unpaired) electrons. The zero-order chi connectivity index (χ0) is 13.9. The molecule has 3 heterocycles. The Labute approximate surface area is 122 Å². The summed E-state index contributed by atoms with van der Waals surface area (Å²) in [5, 5.41) is 3.50. The standard InChI is InChI=1S/C17H28N2O/c1-13(8-9-17-7-4-10-20-17)19-15-5-3-6-16(19)12-14(11-15)18-2/h4,7,10,13-16,18H,3,5-6,8-9,11-12H2,1-2H3. The molecule has 0 saturated carbocycles. The molecule has 2 saturated heterocycles. The number of nitrogens with zero attached hydrogens (tertiary/aromatic N) is 1. The summed E-state index contributed by atoms with van der Waals surface area (Å²) >= 11 is 0. The third-order valence-corrected chi connectivity index (χ3v) is 5.34. The van der Waals surface area contributed by atoms with Gasteiger partial charge in [-0.25, -0.2) is 0 Å². The molecule has 0 aliphatic carbocycles. The number of hydrogen-bond acceptors (Lipinski definition) is 3. The third kappa shape index (κ3) is 2.94. The molecule has 3 nitrogen and oxygen atoms in total. The first-order valence-corrected chi connectivity index (χ1v) is 8.25. The van der Waals surface area contributed by atoms with E-state index in [2.05, 4.69) is 30.3 Å². The first-order valence-electron chi connectivity index (χ1n) is 8.25. The van der Waals surface area contributed by atoms with Gasteiger partial charge in [-0.1, -0.05) is 6.42 Å². The van der Waals surface area contributed by atoms with Gasteiger partial charge in [0.15, 0.2) is 0 Å². The maximum absolute atomic E-state index is 5.47. The van der Waals surface area contributed by atoms with Gasteiger partial charge < -0.3 is 9.73 Å². The van der Waals surface area contributed by atoms with Gasteiger partial charge in [-0.3, -0.25) is 4.90 Å². The first kappa shape index (κ1) is 14.2. The lowest BCUT2D eigenvalue weighted by Gasteiger charge is -2.51. The summed E-state index contributed by atoms with van der Waals surface area (Å²) in [5.74, 6) is 1.13. The molecule has 2 bridgehead atoms. The number of hydrogen-bond donors (Lipinski definition) is 1. The van der Waals surface area contributed by atoms with E-state index in [0.29, 0.717) is 6.04 Å². The Bertz CT molecular complexity index is 389. The summed E-state index contributed by atoms with van der Waals surface area (Å²) in [6.07, 6.45) is 10.9. The van der Waals surface area contributed by atoms with Crippen molar-refractivity contribution < 1.29 is 4.42 Å². The Balaban J connectivity index is 1.60. The summed E-state index contributed by atoms with van der Waals surface area (Å²) in [7, 11) is 2.12. The minimum absolute atomic E-state index is 0.674. The average Bonchev–Trinajstić information content (AvgIpc) is 2.96. The van der Waals surface area contributed by atoms with Crippen LogP contribution >= 0.6 is 0 Å². The van der Waals surface area contributed by atoms with Crippen LogP contribution in [-0.2, 0) is 6.42 Å². The van der Waals surface area contributed by atoms with Crippen molar-refractivity contribution in [2.24, 2.45) is 0 Å². The van der Waals surface area contributed by atoms with Gasteiger partial charge >= 0.3 is 0 Å². The number of piperidine rings is 2. The van der Waals surface area contributed by atoms with E-state index in [1.807, 2.05) is 6.07 Å². The number of nitrogens with one attached hydrogen (secondary N) is 1. The van der Waals surface area contributed by atoms with Crippen LogP contribution < -0.4 is 5.32 Å². The van der Waals surface area contributed by atoms with Gasteiger partial charge in [0.25, 0.3) is 0 Å². The second-order valence-corrected chi connectivity index (χ2v) is 6.61. The highest BCUT2D eigenvalue weighted by Gasteiger charge is 2.39. The quantitative estimate of drug-likeness (QED) is 0.895. The summed E-state index contributed by atoms with van der Waals surface area (Å²) in [5.41, 5.74) is 0. The monoisotopic (exact) mass is 276 g/mol. The third-order valence-electron chi connectivity index (χ3n) is 5.34. The van der Waals surface area contributed by atoms with Crippen molar-refractivity contribution in [2.75, 3.05) is 7.05 Å². The second-order valence-electron chi connectivity index (χ2n) is 6.61. The van der Waals surface area contributed by atoms with Crippen molar-refractivity contribution in [1.82, 2.24) is 10.2 Å². The molecule has 3 heteroatoms. The van der Waals surface area contributed by atoms with E-state index in [4.69, 9.17) is 4.42 Å². The number of rotatable bonds is 5. The summed E-state index contributed by atoms with van der Waals surface area (Å²) in [6, 6.07) is 7.10. The molecule has 2 aliphatic rings. The SMILES string of the molecule is CNC1CC2CCCC(C1)N2C(C)CCc1ccco1. The minimum atomic E-state index is 0.674. The Kier molecular flexibility index (Phi) is 4.47. The van der Waals surface area contributed by atoms with Crippen LogP contribution in [0, 0.1) is 0 Å². The number of fused-ring (bicyclic) bond motifs is 2. The molecule has 0 amide bonds. The van der Waals surface area contributed by atoms with Gasteiger partial charge in [-0.2, -0.15) is 0 Å². The average molecular weight is 276 g/mol. The van der Waals surface area contributed by atoms with E-state index in [1.165, 1.54) is 38.5 Å². The van der Waals surface area contributed by atoms with Crippen molar-refractivity contribution in [3.05, 3.63) is 24.2 Å². The molecule has 2 aliphatic heterocycles. The number of furan rings is 1. The van der Waals surface area contributed by atoms with E-state index in [1.54, 1.807) is 6.26 Å². The minimum Gasteiger partial charge on any atom is -0.469 e. The van der Waals surface area contributed by atoms with Crippen molar-refractivity contribution in [1.29, 1.82) is 0 Å². The largest absolute Gasteiger partial charge is 0.469 e. The van der Waals surface area contributed by atoms with E-state index >= 15 is 0 Å². The maximum Gasteiger partial charge on any atom is 0.103 e. The molecule has 0 spiro atoms. The van der Waals surface area contributed by atoms with Crippen LogP contribution in [0.25, 0.3) is 0 Å². The maximum atomic E-state index is 5.47. The lowest BCUT2D eigenvalue weighted by Crippen LogP contribution is -2.58. The fourth-order valence-electron chi connectivity index (χ4n) is 4.33. The summed E-state index contributed by atoms with van der Waals surface area (Å²) < 4.78 is 5.47. The fraction of sp³-hybridized carbons (Fsp3) is 0.765. The van der Waals surface area contributed by atoms with Crippen molar-refractivity contribution in [3.8, 4) is 0 Å². The van der Waals surface area contributed by atoms with E-state index in [9.17, 15) is 0 Å². The van der Waals surface area contributed by atoms with Crippen molar-refractivity contribution >= 4 is 0 Å². The molecule has 3 rings (SSSR count). The normalized spacial score (nSPS) is 32.2. The van der Waals surface area contributed by atoms with Gasteiger partial charge in [-0.05, 0) is 58.2 Å². The molecule has 3 atom stereocenters. The van der Waals surface area contributed by atoms with Crippen molar-refractivity contribution in [3.63, 3.8) is 0 Å². The zero-order valence-corrected chi connectivity index (χ0v) is 12.8. The Morgan fingerprint density at radius 2 is 2.10 bits per heavy atom. The molecular weight excluding hydrogens is 248 g/mol. The highest BCUT2D eigenvalue weighted by Crippen LogP contribution is 2.36. The Hall–Kier alpha value is -0.800. The number of aryl methyl sites for hydroxylation is 1. The predicted octanol–water partition coefficient (Wildman–Crippen LogP) is 3.21. The van der Waals surface area contributed by atoms with Crippen LogP contribution in [0.5, 0.6) is 0 Å². The highest BCUT2D eigenvalue weighted by atomic mass is 16.3. The topological polar surface area (TPSA) is 28.4 Å². The van der Waals surface area contributed by atoms with Gasteiger partial charge in [0.05, 0.1) is 6.26 Å². The van der Waals surface area contributed by atoms with Crippen LogP contribution in [0.15, 0.2) is 22.8 Å². The van der Waals surface area contributed by atoms with E-state index in [-0.39, 0.29) is 0 Å². The lowest BCUT2D eigenvalue weighted by atomic mass is 9.80. The summed E-state index contributed by atoms with van der Waals surface area (Å²) in [6.45, 7) is 2.41. The van der Waals surface area contributed by atoms with Crippen LogP contribution in [0.1, 0.15) is 51.2 Å². The molecule has 1 aromatic rings. The van der Waals surface area contributed by atoms with Crippen LogP contribution in [0.2, 0.25) is 0 Å². The summed E-state index contributed by atoms with van der Waals surface area (Å²) in [4.78, 5) is 2.83. The Morgan fingerprint density at radius 1 is 1.35 bits per heavy atom. The van der Waals surface area contributed by atoms with Crippen LogP contribution in [0.3, 0.4) is 0 Å². The molecule has 2 fully saturated rings. The van der Waals surface area contributed by atoms with Gasteiger partial charge in [0.2, 0.25) is 0 Å². The molecule has 20 heavy (non-hydrogen) atoms. The predicted molar refractivity (Wildman–Crippen MR) is 81.8 cm³/mol. The second kappa shape index (κ2) is 6.31. The Morgan fingerprint density at radius 3 is 2.70 bits per heavy atom.